The maximum atomic E-state index is 12.6. The van der Waals surface area contributed by atoms with Gasteiger partial charge < -0.3 is 15.0 Å². The summed E-state index contributed by atoms with van der Waals surface area (Å²) in [6, 6.07) is 5.09. The lowest BCUT2D eigenvalue weighted by Crippen LogP contribution is -2.40. The number of benzene rings is 1. The fourth-order valence-corrected chi connectivity index (χ4v) is 2.99. The molecule has 2 N–H and O–H groups in total. The predicted molar refractivity (Wildman–Crippen MR) is 79.5 cm³/mol. The number of H-pyrrole nitrogens is 1. The van der Waals surface area contributed by atoms with Crippen LogP contribution in [0.25, 0.3) is 10.9 Å². The second-order valence-corrected chi connectivity index (χ2v) is 5.65. The second-order valence-electron chi connectivity index (χ2n) is 5.65. The van der Waals surface area contributed by atoms with Gasteiger partial charge in [-0.1, -0.05) is 6.07 Å². The molecule has 110 valence electrons. The zero-order valence-electron chi connectivity index (χ0n) is 12.1. The van der Waals surface area contributed by atoms with E-state index >= 15 is 0 Å². The fourth-order valence-electron chi connectivity index (χ4n) is 2.99. The maximum absolute atomic E-state index is 12.6. The Kier molecular flexibility index (Phi) is 3.20. The number of amides is 1. The molecular formula is C16H18N2O3. The molecule has 5 nitrogen and oxygen atoms in total. The van der Waals surface area contributed by atoms with E-state index in [1.54, 1.807) is 0 Å². The van der Waals surface area contributed by atoms with Gasteiger partial charge in [-0.05, 0) is 49.9 Å². The number of nitrogens with zero attached hydrogens (tertiary/aromatic N) is 1. The molecular weight excluding hydrogens is 268 g/mol. The highest BCUT2D eigenvalue weighted by atomic mass is 16.4. The van der Waals surface area contributed by atoms with Crippen molar-refractivity contribution in [1.82, 2.24) is 9.88 Å². The van der Waals surface area contributed by atoms with Gasteiger partial charge in [-0.2, -0.15) is 0 Å². The minimum absolute atomic E-state index is 0.229. The Morgan fingerprint density at radius 3 is 2.81 bits per heavy atom. The van der Waals surface area contributed by atoms with Crippen molar-refractivity contribution in [3.05, 3.63) is 35.0 Å². The van der Waals surface area contributed by atoms with Crippen molar-refractivity contribution in [1.29, 1.82) is 0 Å². The molecule has 0 aliphatic carbocycles. The van der Waals surface area contributed by atoms with Crippen LogP contribution in [0.4, 0.5) is 0 Å². The molecule has 0 saturated carbocycles. The van der Waals surface area contributed by atoms with Crippen LogP contribution < -0.4 is 0 Å². The van der Waals surface area contributed by atoms with Crippen molar-refractivity contribution < 1.29 is 14.7 Å². The number of aryl methyl sites for hydroxylation is 2. The van der Waals surface area contributed by atoms with Gasteiger partial charge in [0.1, 0.15) is 11.7 Å². The quantitative estimate of drug-likeness (QED) is 0.890. The minimum atomic E-state index is -0.927. The van der Waals surface area contributed by atoms with Crippen molar-refractivity contribution in [2.75, 3.05) is 6.54 Å². The number of rotatable bonds is 2. The molecule has 3 rings (SSSR count). The van der Waals surface area contributed by atoms with Gasteiger partial charge in [0.2, 0.25) is 0 Å². The zero-order valence-corrected chi connectivity index (χ0v) is 12.1. The lowest BCUT2D eigenvalue weighted by atomic mass is 10.1. The molecule has 1 aliphatic heterocycles. The molecule has 0 radical (unpaired) electrons. The number of carbonyl (C=O) groups is 2. The summed E-state index contributed by atoms with van der Waals surface area (Å²) in [6.45, 7) is 4.56. The number of carbonyl (C=O) groups excluding carboxylic acids is 1. The van der Waals surface area contributed by atoms with Gasteiger partial charge in [0.25, 0.3) is 5.91 Å². The number of likely N-dealkylation sites (tertiary alicyclic amines) is 1. The van der Waals surface area contributed by atoms with E-state index in [4.69, 9.17) is 0 Å². The van der Waals surface area contributed by atoms with Crippen LogP contribution in [0.1, 0.15) is 34.5 Å². The Labute approximate surface area is 122 Å². The summed E-state index contributed by atoms with van der Waals surface area (Å²) in [5.41, 5.74) is 3.68. The van der Waals surface area contributed by atoms with Crippen LogP contribution in [0.5, 0.6) is 0 Å². The zero-order chi connectivity index (χ0) is 15.1. The van der Waals surface area contributed by atoms with E-state index in [0.29, 0.717) is 18.7 Å². The summed E-state index contributed by atoms with van der Waals surface area (Å²) < 4.78 is 0. The van der Waals surface area contributed by atoms with E-state index in [9.17, 15) is 14.7 Å². The molecule has 0 unspecified atom stereocenters. The fraction of sp³-hybridized carbons (Fsp3) is 0.375. The van der Waals surface area contributed by atoms with E-state index in [-0.39, 0.29) is 5.91 Å². The largest absolute Gasteiger partial charge is 0.480 e. The topological polar surface area (TPSA) is 73.4 Å². The van der Waals surface area contributed by atoms with E-state index in [1.807, 2.05) is 32.0 Å². The van der Waals surface area contributed by atoms with Crippen LogP contribution in [0.15, 0.2) is 18.2 Å². The Morgan fingerprint density at radius 2 is 2.10 bits per heavy atom. The Hall–Kier alpha value is -2.30. The normalized spacial score (nSPS) is 18.4. The molecule has 1 amide bonds. The molecule has 1 aliphatic rings. The van der Waals surface area contributed by atoms with E-state index in [1.165, 1.54) is 10.5 Å². The average Bonchev–Trinajstić information content (AvgIpc) is 3.08. The van der Waals surface area contributed by atoms with E-state index in [0.717, 1.165) is 22.9 Å². The summed E-state index contributed by atoms with van der Waals surface area (Å²) in [6.07, 6.45) is 1.26. The van der Waals surface area contributed by atoms with E-state index < -0.39 is 12.0 Å². The molecule has 0 bridgehead atoms. The van der Waals surface area contributed by atoms with Gasteiger partial charge >= 0.3 is 5.97 Å². The summed E-state index contributed by atoms with van der Waals surface area (Å²) in [4.78, 5) is 28.3. The molecule has 1 fully saturated rings. The van der Waals surface area contributed by atoms with Gasteiger partial charge in [-0.3, -0.25) is 4.79 Å². The summed E-state index contributed by atoms with van der Waals surface area (Å²) in [5, 5.41) is 10.2. The number of aliphatic carboxylic acids is 1. The first-order valence-corrected chi connectivity index (χ1v) is 7.11. The monoisotopic (exact) mass is 286 g/mol. The molecule has 1 aromatic heterocycles. The standard InChI is InChI=1S/C16H18N2O3/c1-9-5-6-12-11(10(9)2)8-13(17-12)15(19)18-7-3-4-14(18)16(20)21/h5-6,8,14,17H,3-4,7H2,1-2H3,(H,20,21)/t14-/m0/s1. The highest BCUT2D eigenvalue weighted by molar-refractivity contribution is 6.00. The van der Waals surface area contributed by atoms with Crippen LogP contribution in [0.3, 0.4) is 0 Å². The predicted octanol–water partition coefficient (Wildman–Crippen LogP) is 2.47. The number of hydrogen-bond donors (Lipinski definition) is 2. The molecule has 0 spiro atoms. The van der Waals surface area contributed by atoms with Gasteiger partial charge in [-0.25, -0.2) is 4.79 Å². The van der Waals surface area contributed by atoms with Gasteiger partial charge in [-0.15, -0.1) is 0 Å². The van der Waals surface area contributed by atoms with Crippen LogP contribution >= 0.6 is 0 Å². The first-order valence-electron chi connectivity index (χ1n) is 7.11. The highest BCUT2D eigenvalue weighted by Gasteiger charge is 2.34. The Morgan fingerprint density at radius 1 is 1.33 bits per heavy atom. The number of aromatic amines is 1. The van der Waals surface area contributed by atoms with E-state index in [2.05, 4.69) is 4.98 Å². The molecule has 21 heavy (non-hydrogen) atoms. The Balaban J connectivity index is 1.98. The van der Waals surface area contributed by atoms with Crippen LogP contribution in [-0.4, -0.2) is 39.5 Å². The average molecular weight is 286 g/mol. The smallest absolute Gasteiger partial charge is 0.326 e. The number of nitrogens with one attached hydrogen (secondary N) is 1. The molecule has 1 atom stereocenters. The highest BCUT2D eigenvalue weighted by Crippen LogP contribution is 2.25. The van der Waals surface area contributed by atoms with Gasteiger partial charge in [0, 0.05) is 17.4 Å². The van der Waals surface area contributed by atoms with Gasteiger partial charge in [0.15, 0.2) is 0 Å². The number of aromatic nitrogens is 1. The number of fused-ring (bicyclic) bond motifs is 1. The van der Waals surface area contributed by atoms with Crippen LogP contribution in [0, 0.1) is 13.8 Å². The van der Waals surface area contributed by atoms with Crippen LogP contribution in [0.2, 0.25) is 0 Å². The lowest BCUT2D eigenvalue weighted by molar-refractivity contribution is -0.141. The summed E-state index contributed by atoms with van der Waals surface area (Å²) >= 11 is 0. The van der Waals surface area contributed by atoms with Crippen molar-refractivity contribution in [2.45, 2.75) is 32.7 Å². The molecule has 5 heteroatoms. The third kappa shape index (κ3) is 2.18. The Bertz CT molecular complexity index is 732. The van der Waals surface area contributed by atoms with Crippen molar-refractivity contribution in [2.24, 2.45) is 0 Å². The lowest BCUT2D eigenvalue weighted by Gasteiger charge is -2.20. The molecule has 2 aromatic rings. The number of carboxylic acid groups (broad SMARTS) is 1. The number of hydrogen-bond acceptors (Lipinski definition) is 2. The number of carboxylic acids is 1. The molecule has 1 saturated heterocycles. The van der Waals surface area contributed by atoms with Crippen molar-refractivity contribution in [3.63, 3.8) is 0 Å². The van der Waals surface area contributed by atoms with Crippen molar-refractivity contribution >= 4 is 22.8 Å². The third-order valence-electron chi connectivity index (χ3n) is 4.37. The second kappa shape index (κ2) is 4.91. The minimum Gasteiger partial charge on any atom is -0.480 e. The molecule has 2 heterocycles. The van der Waals surface area contributed by atoms with Crippen molar-refractivity contribution in [3.8, 4) is 0 Å². The summed E-state index contributed by atoms with van der Waals surface area (Å²) in [5.74, 6) is -1.16. The van der Waals surface area contributed by atoms with Gasteiger partial charge in [0.05, 0.1) is 0 Å². The summed E-state index contributed by atoms with van der Waals surface area (Å²) in [7, 11) is 0. The first-order chi connectivity index (χ1) is 9.99. The molecule has 1 aromatic carbocycles. The third-order valence-corrected chi connectivity index (χ3v) is 4.37. The van der Waals surface area contributed by atoms with Crippen LogP contribution in [-0.2, 0) is 4.79 Å². The maximum Gasteiger partial charge on any atom is 0.326 e. The first kappa shape index (κ1) is 13.7. The SMILES string of the molecule is Cc1ccc2[nH]c(C(=O)N3CCC[C@H]3C(=O)O)cc2c1C.